The largest absolute Gasteiger partial charge is 3.00 e. The number of carbonyl (C=O) groups is 1. The molecule has 0 aliphatic rings. The first-order valence-corrected chi connectivity index (χ1v) is 5.05. The van der Waals surface area contributed by atoms with Gasteiger partial charge in [-0.1, -0.05) is 0 Å². The third-order valence-electron chi connectivity index (χ3n) is 2.34. The topological polar surface area (TPSA) is 40.9 Å². The normalized spacial score (nSPS) is 9.43. The number of hydrogen-bond donors (Lipinski definition) is 0. The summed E-state index contributed by atoms with van der Waals surface area (Å²) in [7, 11) is 0. The van der Waals surface area contributed by atoms with Crippen molar-refractivity contribution in [3.63, 3.8) is 0 Å². The summed E-state index contributed by atoms with van der Waals surface area (Å²) in [4.78, 5) is 11.0. The van der Waals surface area contributed by atoms with E-state index in [2.05, 4.69) is 22.6 Å². The first kappa shape index (κ1) is 14.5. The van der Waals surface area contributed by atoms with Crippen LogP contribution in [0, 0.1) is 24.3 Å². The maximum Gasteiger partial charge on any atom is 3.00 e. The van der Waals surface area contributed by atoms with Crippen molar-refractivity contribution in [1.82, 2.24) is 0 Å². The van der Waals surface area contributed by atoms with Crippen molar-refractivity contribution >= 4 is 28.5 Å². The van der Waals surface area contributed by atoms with E-state index in [0.717, 1.165) is 14.7 Å². The van der Waals surface area contributed by atoms with Crippen LogP contribution in [0.25, 0.3) is 5.73 Å². The first-order valence-electron chi connectivity index (χ1n) is 3.97. The fourth-order valence-corrected chi connectivity index (χ4v) is 2.43. The Kier molecular flexibility index (Phi) is 5.77. The average molecular weight is 377 g/mol. The second-order valence-electron chi connectivity index (χ2n) is 3.13. The van der Waals surface area contributed by atoms with Crippen LogP contribution >= 0.6 is 22.6 Å². The SMILES string of the molecule is Cc1cc(I)c(C([NH-])=O)c(C)c1C.[Y+3]. The Morgan fingerprint density at radius 2 is 1.79 bits per heavy atom. The molecule has 70 valence electrons. The zero-order chi connectivity index (χ0) is 10.2. The van der Waals surface area contributed by atoms with Crippen molar-refractivity contribution < 1.29 is 37.5 Å². The number of benzene rings is 1. The Labute approximate surface area is 123 Å². The molecule has 1 rings (SSSR count). The summed E-state index contributed by atoms with van der Waals surface area (Å²) in [5.74, 6) is -0.593. The summed E-state index contributed by atoms with van der Waals surface area (Å²) in [6.45, 7) is 5.89. The van der Waals surface area contributed by atoms with E-state index in [1.165, 1.54) is 5.56 Å². The minimum Gasteiger partial charge on any atom is -0.664 e. The van der Waals surface area contributed by atoms with Crippen molar-refractivity contribution in [3.8, 4) is 0 Å². The van der Waals surface area contributed by atoms with Gasteiger partial charge in [-0.3, -0.25) is 0 Å². The van der Waals surface area contributed by atoms with Gasteiger partial charge in [0.05, 0.1) is 5.91 Å². The Morgan fingerprint density at radius 1 is 1.29 bits per heavy atom. The summed E-state index contributed by atoms with van der Waals surface area (Å²) in [5, 5.41) is 0. The van der Waals surface area contributed by atoms with Crippen LogP contribution in [0.1, 0.15) is 27.0 Å². The Balaban J connectivity index is 0.00000169. The maximum atomic E-state index is 11.0. The minimum atomic E-state index is -0.593. The van der Waals surface area contributed by atoms with Crippen LogP contribution in [0.4, 0.5) is 0 Å². The molecule has 0 heterocycles. The van der Waals surface area contributed by atoms with Gasteiger partial charge in [-0.05, 0) is 66.1 Å². The molecule has 0 aromatic heterocycles. The van der Waals surface area contributed by atoms with Gasteiger partial charge in [0, 0.05) is 9.13 Å². The van der Waals surface area contributed by atoms with Gasteiger partial charge in [0.15, 0.2) is 0 Å². The molecule has 0 aliphatic carbocycles. The number of nitrogens with one attached hydrogen (secondary N) is 1. The van der Waals surface area contributed by atoms with Crippen LogP contribution in [0.2, 0.25) is 0 Å². The van der Waals surface area contributed by atoms with Gasteiger partial charge >= 0.3 is 32.7 Å². The van der Waals surface area contributed by atoms with E-state index in [-0.39, 0.29) is 32.7 Å². The van der Waals surface area contributed by atoms with Gasteiger partial charge < -0.3 is 10.5 Å². The van der Waals surface area contributed by atoms with Crippen LogP contribution in [0.15, 0.2) is 6.07 Å². The molecule has 1 aromatic carbocycles. The first-order chi connectivity index (χ1) is 5.95. The molecular formula is C10H11INOY+2. The molecule has 0 bridgehead atoms. The quantitative estimate of drug-likeness (QED) is 0.692. The number of carbonyl (C=O) groups excluding carboxylic acids is 1. The summed E-state index contributed by atoms with van der Waals surface area (Å²) in [6, 6.07) is 1.95. The minimum absolute atomic E-state index is 0. The smallest absolute Gasteiger partial charge is 0.664 e. The molecule has 0 radical (unpaired) electrons. The molecule has 0 atom stereocenters. The number of halogens is 1. The zero-order valence-corrected chi connectivity index (χ0v) is 13.4. The van der Waals surface area contributed by atoms with Gasteiger partial charge in [0.25, 0.3) is 0 Å². The molecule has 0 saturated heterocycles. The van der Waals surface area contributed by atoms with Crippen molar-refractivity contribution in [3.05, 3.63) is 37.6 Å². The molecule has 0 fully saturated rings. The van der Waals surface area contributed by atoms with Crippen molar-refractivity contribution in [2.24, 2.45) is 0 Å². The van der Waals surface area contributed by atoms with E-state index in [0.29, 0.717) is 5.56 Å². The number of aryl methyl sites for hydroxylation is 1. The number of rotatable bonds is 1. The zero-order valence-electron chi connectivity index (χ0n) is 8.44. The molecular weight excluding hydrogens is 366 g/mol. The Bertz CT molecular complexity index is 377. The average Bonchev–Trinajstić information content (AvgIpc) is 1.99. The fraction of sp³-hybridized carbons (Fsp3) is 0.300. The van der Waals surface area contributed by atoms with Crippen LogP contribution in [-0.2, 0) is 32.7 Å². The number of hydrogen-bond acceptors (Lipinski definition) is 1. The monoisotopic (exact) mass is 377 g/mol. The Morgan fingerprint density at radius 3 is 2.21 bits per heavy atom. The van der Waals surface area contributed by atoms with Gasteiger partial charge in [-0.15, -0.1) is 0 Å². The van der Waals surface area contributed by atoms with E-state index < -0.39 is 5.91 Å². The molecule has 0 aliphatic heterocycles. The predicted molar refractivity (Wildman–Crippen MR) is 62.0 cm³/mol. The summed E-state index contributed by atoms with van der Waals surface area (Å²) < 4.78 is 0.873. The molecule has 1 N–H and O–H groups in total. The molecule has 1 amide bonds. The van der Waals surface area contributed by atoms with E-state index in [4.69, 9.17) is 5.73 Å². The summed E-state index contributed by atoms with van der Waals surface area (Å²) >= 11 is 2.10. The molecule has 1 aromatic rings. The van der Waals surface area contributed by atoms with E-state index >= 15 is 0 Å². The standard InChI is InChI=1S/C10H12INO.Y/c1-5-4-8(11)9(10(12)13)7(3)6(5)2;/h4H,1-3H3,(H2,12,13);/q;+3/p-1. The van der Waals surface area contributed by atoms with Crippen molar-refractivity contribution in [2.45, 2.75) is 20.8 Å². The second-order valence-corrected chi connectivity index (χ2v) is 4.29. The van der Waals surface area contributed by atoms with Gasteiger partial charge in [-0.25, -0.2) is 0 Å². The van der Waals surface area contributed by atoms with Crippen molar-refractivity contribution in [2.75, 3.05) is 0 Å². The molecule has 0 unspecified atom stereocenters. The predicted octanol–water partition coefficient (Wildman–Crippen LogP) is 3.41. The molecule has 4 heteroatoms. The van der Waals surface area contributed by atoms with Crippen LogP contribution in [0.5, 0.6) is 0 Å². The molecule has 0 spiro atoms. The van der Waals surface area contributed by atoms with Crippen molar-refractivity contribution in [1.29, 1.82) is 0 Å². The van der Waals surface area contributed by atoms with Gasteiger partial charge in [0.1, 0.15) is 0 Å². The van der Waals surface area contributed by atoms with Gasteiger partial charge in [0.2, 0.25) is 0 Å². The molecule has 0 saturated carbocycles. The third-order valence-corrected chi connectivity index (χ3v) is 3.19. The summed E-state index contributed by atoms with van der Waals surface area (Å²) in [5.41, 5.74) is 10.9. The van der Waals surface area contributed by atoms with E-state index in [9.17, 15) is 4.79 Å². The van der Waals surface area contributed by atoms with Crippen LogP contribution < -0.4 is 0 Å². The molecule has 2 nitrogen and oxygen atoms in total. The molecule has 14 heavy (non-hydrogen) atoms. The van der Waals surface area contributed by atoms with Crippen LogP contribution in [-0.4, -0.2) is 5.91 Å². The van der Waals surface area contributed by atoms with Crippen LogP contribution in [0.3, 0.4) is 0 Å². The Hall–Kier alpha value is 0.524. The fourth-order valence-electron chi connectivity index (χ4n) is 1.31. The van der Waals surface area contributed by atoms with Gasteiger partial charge in [-0.2, -0.15) is 0 Å². The van der Waals surface area contributed by atoms with E-state index in [1.54, 1.807) is 0 Å². The van der Waals surface area contributed by atoms with E-state index in [1.807, 2.05) is 26.8 Å². The third kappa shape index (κ3) is 2.77. The maximum absolute atomic E-state index is 11.0. The second kappa shape index (κ2) is 5.56. The number of amides is 1. The summed E-state index contributed by atoms with van der Waals surface area (Å²) in [6.07, 6.45) is 0.